The van der Waals surface area contributed by atoms with E-state index in [1.807, 2.05) is 0 Å². The minimum absolute atomic E-state index is 0.186. The fourth-order valence-electron chi connectivity index (χ4n) is 0.346. The lowest BCUT2D eigenvalue weighted by atomic mass is 10.9. The highest BCUT2D eigenvalue weighted by atomic mass is 32.1. The number of nitrogens with zero attached hydrogens (tertiary/aromatic N) is 1. The Labute approximate surface area is 79.3 Å². The molecule has 10 heteroatoms. The Bertz CT molecular complexity index is 197. The quantitative estimate of drug-likeness (QED) is 0.241. The van der Waals surface area contributed by atoms with E-state index in [0.29, 0.717) is 0 Å². The minimum atomic E-state index is -5.27. The van der Waals surface area contributed by atoms with Gasteiger partial charge in [0.2, 0.25) is 0 Å². The average Bonchev–Trinajstić information content (AvgIpc) is 1.77. The van der Waals surface area contributed by atoms with E-state index >= 15 is 0 Å². The SMILES string of the molecule is FC(F)(F)NN(C(=S)S)C(F)(F)F. The number of hydrogen-bond donors (Lipinski definition) is 2. The summed E-state index contributed by atoms with van der Waals surface area (Å²) in [6.45, 7) is 0. The average molecular weight is 244 g/mol. The van der Waals surface area contributed by atoms with Crippen molar-refractivity contribution < 1.29 is 26.3 Å². The van der Waals surface area contributed by atoms with Crippen molar-refractivity contribution in [2.45, 2.75) is 12.6 Å². The molecule has 1 N–H and O–H groups in total. The Balaban J connectivity index is 4.56. The molecular weight excluding hydrogens is 242 g/mol. The van der Waals surface area contributed by atoms with Crippen molar-refractivity contribution in [1.29, 1.82) is 0 Å². The van der Waals surface area contributed by atoms with Crippen LogP contribution in [-0.4, -0.2) is 21.9 Å². The van der Waals surface area contributed by atoms with Gasteiger partial charge >= 0.3 is 12.6 Å². The molecule has 2 nitrogen and oxygen atoms in total. The number of thiocarbonyl (C=S) groups is 1. The van der Waals surface area contributed by atoms with Crippen LogP contribution in [0.5, 0.6) is 0 Å². The molecule has 0 unspecified atom stereocenters. The van der Waals surface area contributed by atoms with E-state index in [-0.39, 0.29) is 5.43 Å². The number of rotatable bonds is 1. The van der Waals surface area contributed by atoms with E-state index in [1.165, 1.54) is 0 Å². The predicted molar refractivity (Wildman–Crippen MR) is 38.7 cm³/mol. The molecule has 0 aromatic rings. The van der Waals surface area contributed by atoms with Gasteiger partial charge in [-0.2, -0.15) is 18.2 Å². The second-order valence-corrected chi connectivity index (χ2v) is 2.81. The van der Waals surface area contributed by atoms with Gasteiger partial charge in [0.1, 0.15) is 0 Å². The molecule has 0 bridgehead atoms. The molecule has 0 fully saturated rings. The Kier molecular flexibility index (Phi) is 3.82. The van der Waals surface area contributed by atoms with Gasteiger partial charge in [0.05, 0.1) is 0 Å². The van der Waals surface area contributed by atoms with Crippen molar-refractivity contribution in [2.24, 2.45) is 0 Å². The normalized spacial score (nSPS) is 12.8. The van der Waals surface area contributed by atoms with Gasteiger partial charge in [0.25, 0.3) is 0 Å². The molecule has 0 saturated carbocycles. The molecule has 0 aromatic carbocycles. The van der Waals surface area contributed by atoms with Gasteiger partial charge in [-0.15, -0.1) is 31.2 Å². The largest absolute Gasteiger partial charge is 0.500 e. The standard InChI is InChI=1S/C3H2F6N2S2/c4-2(5,6)10-11(1(12)13)3(7,8)9/h10H,(H,12,13). The third kappa shape index (κ3) is 5.16. The Morgan fingerprint density at radius 2 is 1.54 bits per heavy atom. The highest BCUT2D eigenvalue weighted by molar-refractivity contribution is 8.10. The van der Waals surface area contributed by atoms with Crippen LogP contribution in [0.4, 0.5) is 26.3 Å². The molecule has 13 heavy (non-hydrogen) atoms. The summed E-state index contributed by atoms with van der Waals surface area (Å²) in [5.74, 6) is 0. The van der Waals surface area contributed by atoms with Gasteiger partial charge in [0.15, 0.2) is 4.32 Å². The minimum Gasteiger partial charge on any atom is -0.193 e. The van der Waals surface area contributed by atoms with Crippen LogP contribution in [0.3, 0.4) is 0 Å². The van der Waals surface area contributed by atoms with Crippen LogP contribution in [-0.2, 0) is 0 Å². The second kappa shape index (κ2) is 3.88. The molecule has 0 aliphatic carbocycles. The van der Waals surface area contributed by atoms with Crippen LogP contribution in [0, 0.1) is 0 Å². The van der Waals surface area contributed by atoms with Crippen molar-refractivity contribution >= 4 is 29.2 Å². The topological polar surface area (TPSA) is 15.3 Å². The van der Waals surface area contributed by atoms with Crippen molar-refractivity contribution in [3.05, 3.63) is 0 Å². The third-order valence-corrected chi connectivity index (χ3v) is 1.07. The summed E-state index contributed by atoms with van der Waals surface area (Å²) in [7, 11) is 0. The molecule has 0 aromatic heterocycles. The van der Waals surface area contributed by atoms with E-state index in [2.05, 4.69) is 24.8 Å². The summed E-state index contributed by atoms with van der Waals surface area (Å²) in [5, 5.41) is -1.22. The summed E-state index contributed by atoms with van der Waals surface area (Å²) in [6.07, 6.45) is -10.5. The van der Waals surface area contributed by atoms with Crippen molar-refractivity contribution in [1.82, 2.24) is 10.4 Å². The zero-order valence-electron chi connectivity index (χ0n) is 5.57. The summed E-state index contributed by atoms with van der Waals surface area (Å²) < 4.78 is 68.3. The van der Waals surface area contributed by atoms with E-state index in [4.69, 9.17) is 0 Å². The monoisotopic (exact) mass is 244 g/mol. The molecule has 0 rings (SSSR count). The fraction of sp³-hybridized carbons (Fsp3) is 0.667. The van der Waals surface area contributed by atoms with E-state index < -0.39 is 21.9 Å². The number of thiol groups is 1. The van der Waals surface area contributed by atoms with Crippen molar-refractivity contribution in [3.63, 3.8) is 0 Å². The molecular formula is C3H2F6N2S2. The maximum Gasteiger partial charge on any atom is 0.500 e. The number of nitrogens with one attached hydrogen (secondary N) is 1. The number of alkyl halides is 6. The lowest BCUT2D eigenvalue weighted by Gasteiger charge is -2.26. The van der Waals surface area contributed by atoms with Crippen molar-refractivity contribution in [2.75, 3.05) is 0 Å². The second-order valence-electron chi connectivity index (χ2n) is 1.70. The smallest absolute Gasteiger partial charge is 0.193 e. The summed E-state index contributed by atoms with van der Waals surface area (Å²) in [4.78, 5) is 0. The highest BCUT2D eigenvalue weighted by Crippen LogP contribution is 2.24. The Hall–Kier alpha value is -0.220. The van der Waals surface area contributed by atoms with Gasteiger partial charge in [-0.25, -0.2) is 0 Å². The summed E-state index contributed by atoms with van der Waals surface area (Å²) in [5.41, 5.74) is 0.186. The molecule has 0 aliphatic rings. The molecule has 0 aliphatic heterocycles. The van der Waals surface area contributed by atoms with Gasteiger partial charge in [-0.3, -0.25) is 0 Å². The predicted octanol–water partition coefficient (Wildman–Crippen LogP) is 2.05. The van der Waals surface area contributed by atoms with E-state index in [0.717, 1.165) is 0 Å². The number of halogens is 6. The van der Waals surface area contributed by atoms with Crippen LogP contribution in [0.15, 0.2) is 0 Å². The van der Waals surface area contributed by atoms with Crippen LogP contribution in [0.2, 0.25) is 0 Å². The molecule has 0 radical (unpaired) electrons. The highest BCUT2D eigenvalue weighted by Gasteiger charge is 2.44. The Morgan fingerprint density at radius 3 is 1.62 bits per heavy atom. The maximum atomic E-state index is 11.7. The molecule has 0 saturated heterocycles. The van der Waals surface area contributed by atoms with Crippen LogP contribution >= 0.6 is 24.8 Å². The fourth-order valence-corrected chi connectivity index (χ4v) is 0.659. The van der Waals surface area contributed by atoms with Crippen molar-refractivity contribution in [3.8, 4) is 0 Å². The lowest BCUT2D eigenvalue weighted by Crippen LogP contribution is -2.55. The van der Waals surface area contributed by atoms with Gasteiger partial charge in [-0.1, -0.05) is 12.2 Å². The summed E-state index contributed by atoms with van der Waals surface area (Å²) >= 11 is 6.81. The number of hydrazine groups is 1. The first-order chi connectivity index (χ1) is 5.54. The van der Waals surface area contributed by atoms with E-state index in [9.17, 15) is 26.3 Å². The zero-order chi connectivity index (χ0) is 10.9. The van der Waals surface area contributed by atoms with Gasteiger partial charge in [0, 0.05) is 0 Å². The maximum absolute atomic E-state index is 11.7. The zero-order valence-corrected chi connectivity index (χ0v) is 7.28. The molecule has 0 heterocycles. The molecule has 78 valence electrons. The first-order valence-corrected chi connectivity index (χ1v) is 3.34. The lowest BCUT2D eigenvalue weighted by molar-refractivity contribution is -0.284. The molecule has 0 atom stereocenters. The Morgan fingerprint density at radius 1 is 1.15 bits per heavy atom. The first-order valence-electron chi connectivity index (χ1n) is 2.48. The number of hydrogen-bond acceptors (Lipinski definition) is 2. The van der Waals surface area contributed by atoms with Crippen LogP contribution in [0.25, 0.3) is 0 Å². The van der Waals surface area contributed by atoms with Gasteiger partial charge in [-0.05, 0) is 0 Å². The van der Waals surface area contributed by atoms with Crippen LogP contribution in [0.1, 0.15) is 0 Å². The molecule has 0 amide bonds. The third-order valence-electron chi connectivity index (χ3n) is 0.683. The molecule has 0 spiro atoms. The van der Waals surface area contributed by atoms with Gasteiger partial charge < -0.3 is 0 Å². The van der Waals surface area contributed by atoms with Crippen LogP contribution < -0.4 is 5.43 Å². The summed E-state index contributed by atoms with van der Waals surface area (Å²) in [6, 6.07) is 0. The van der Waals surface area contributed by atoms with E-state index in [1.54, 1.807) is 0 Å². The first kappa shape index (κ1) is 12.8.